The van der Waals surface area contributed by atoms with E-state index in [4.69, 9.17) is 0 Å². The molecule has 1 aromatic rings. The van der Waals surface area contributed by atoms with Crippen molar-refractivity contribution >= 4 is 18.5 Å². The van der Waals surface area contributed by atoms with Crippen LogP contribution >= 0.6 is 12.4 Å². The Morgan fingerprint density at radius 3 is 2.63 bits per heavy atom. The highest BCUT2D eigenvalue weighted by Gasteiger charge is 2.49. The third-order valence-electron chi connectivity index (χ3n) is 2.69. The number of hydrogen-bond acceptors (Lipinski definition) is 2. The Morgan fingerprint density at radius 2 is 2.00 bits per heavy atom. The molecule has 106 valence electrons. The zero-order valence-electron chi connectivity index (χ0n) is 9.68. The minimum absolute atomic E-state index is 0. The molecular weight excluding hydrogens is 290 g/mol. The smallest absolute Gasteiger partial charge is 0.408 e. The number of aryl methyl sites for hydroxylation is 1. The predicted octanol–water partition coefficient (Wildman–Crippen LogP) is 3.11. The molecule has 1 aliphatic rings. The Morgan fingerprint density at radius 1 is 1.37 bits per heavy atom. The summed E-state index contributed by atoms with van der Waals surface area (Å²) in [7, 11) is 0. The lowest BCUT2D eigenvalue weighted by Gasteiger charge is -2.32. The Balaban J connectivity index is 0.00000180. The van der Waals surface area contributed by atoms with Crippen LogP contribution in [0.4, 0.5) is 22.4 Å². The number of benzene rings is 1. The van der Waals surface area contributed by atoms with E-state index in [-0.39, 0.29) is 18.0 Å². The van der Waals surface area contributed by atoms with Crippen LogP contribution in [-0.2, 0) is 4.74 Å². The van der Waals surface area contributed by atoms with Crippen LogP contribution in [0.1, 0.15) is 17.2 Å². The highest BCUT2D eigenvalue weighted by atomic mass is 35.5. The number of cyclic esters (lactones) is 1. The van der Waals surface area contributed by atoms with Crippen molar-refractivity contribution in [2.75, 3.05) is 6.61 Å². The van der Waals surface area contributed by atoms with Crippen LogP contribution in [0.25, 0.3) is 0 Å². The van der Waals surface area contributed by atoms with Gasteiger partial charge in [-0.3, -0.25) is 0 Å². The molecule has 0 aliphatic carbocycles. The van der Waals surface area contributed by atoms with Crippen LogP contribution in [0.3, 0.4) is 0 Å². The maximum absolute atomic E-state index is 13.8. The summed E-state index contributed by atoms with van der Waals surface area (Å²) in [5.41, 5.74) is -0.834. The fourth-order valence-electron chi connectivity index (χ4n) is 1.74. The molecule has 1 saturated heterocycles. The molecule has 8 heteroatoms. The maximum Gasteiger partial charge on any atom is 0.408 e. The van der Waals surface area contributed by atoms with Gasteiger partial charge in [0.05, 0.1) is 5.56 Å². The van der Waals surface area contributed by atoms with Gasteiger partial charge in [-0.05, 0) is 18.6 Å². The Kier molecular flexibility index (Phi) is 4.29. The standard InChI is InChI=1S/C11H9F4NO2.ClH/c1-5-2-3-6(12)7(8(5)13)9-11(14,15)4-18-10(17)16-9;/h2-3,9H,4H2,1H3,(H,16,17);1H/t9-;/m1./s1. The minimum atomic E-state index is -3.58. The molecule has 1 fully saturated rings. The molecule has 1 N–H and O–H groups in total. The lowest BCUT2D eigenvalue weighted by Crippen LogP contribution is -2.50. The maximum atomic E-state index is 13.8. The first-order valence-electron chi connectivity index (χ1n) is 5.08. The Hall–Kier alpha value is -1.50. The molecular formula is C11H10ClF4NO2. The third kappa shape index (κ3) is 2.75. The lowest BCUT2D eigenvalue weighted by molar-refractivity contribution is -0.105. The summed E-state index contributed by atoms with van der Waals surface area (Å²) in [6.07, 6.45) is -1.13. The summed E-state index contributed by atoms with van der Waals surface area (Å²) in [5, 5.41) is 1.74. The van der Waals surface area contributed by atoms with E-state index in [1.807, 2.05) is 0 Å². The van der Waals surface area contributed by atoms with Crippen molar-refractivity contribution in [3.8, 4) is 0 Å². The molecule has 0 bridgehead atoms. The number of amides is 1. The normalized spacial score (nSPS) is 21.1. The quantitative estimate of drug-likeness (QED) is 0.809. The van der Waals surface area contributed by atoms with Crippen LogP contribution in [0.5, 0.6) is 0 Å². The van der Waals surface area contributed by atoms with Gasteiger partial charge in [0.15, 0.2) is 6.61 Å². The second kappa shape index (κ2) is 5.24. The van der Waals surface area contributed by atoms with Crippen LogP contribution in [0.15, 0.2) is 12.1 Å². The van der Waals surface area contributed by atoms with Crippen molar-refractivity contribution in [3.63, 3.8) is 0 Å². The second-order valence-corrected chi connectivity index (χ2v) is 4.01. The summed E-state index contributed by atoms with van der Waals surface area (Å²) >= 11 is 0. The highest BCUT2D eigenvalue weighted by molar-refractivity contribution is 5.85. The van der Waals surface area contributed by atoms with Crippen molar-refractivity contribution in [1.82, 2.24) is 5.32 Å². The molecule has 0 aromatic heterocycles. The van der Waals surface area contributed by atoms with Crippen molar-refractivity contribution in [3.05, 3.63) is 34.9 Å². The van der Waals surface area contributed by atoms with Gasteiger partial charge in [-0.25, -0.2) is 22.4 Å². The molecule has 19 heavy (non-hydrogen) atoms. The van der Waals surface area contributed by atoms with E-state index in [2.05, 4.69) is 4.74 Å². The summed E-state index contributed by atoms with van der Waals surface area (Å²) in [5.74, 6) is -5.81. The molecule has 1 aromatic carbocycles. The summed E-state index contributed by atoms with van der Waals surface area (Å²) in [6.45, 7) is 0.105. The number of alkyl carbamates (subject to hydrolysis) is 1. The van der Waals surface area contributed by atoms with E-state index in [9.17, 15) is 22.4 Å². The van der Waals surface area contributed by atoms with E-state index in [1.165, 1.54) is 6.92 Å². The highest BCUT2D eigenvalue weighted by Crippen LogP contribution is 2.37. The van der Waals surface area contributed by atoms with Gasteiger partial charge in [0.25, 0.3) is 0 Å². The fourth-order valence-corrected chi connectivity index (χ4v) is 1.74. The molecule has 1 amide bonds. The van der Waals surface area contributed by atoms with Crippen molar-refractivity contribution in [2.24, 2.45) is 0 Å². The van der Waals surface area contributed by atoms with Gasteiger partial charge in [-0.15, -0.1) is 12.4 Å². The lowest BCUT2D eigenvalue weighted by atomic mass is 9.97. The van der Waals surface area contributed by atoms with Gasteiger partial charge >= 0.3 is 12.0 Å². The van der Waals surface area contributed by atoms with Crippen molar-refractivity contribution in [1.29, 1.82) is 0 Å². The van der Waals surface area contributed by atoms with Gasteiger partial charge in [0.1, 0.15) is 17.7 Å². The zero-order valence-corrected chi connectivity index (χ0v) is 10.5. The first-order chi connectivity index (χ1) is 8.33. The molecule has 0 radical (unpaired) electrons. The number of carbonyl (C=O) groups is 1. The van der Waals surface area contributed by atoms with E-state index in [0.29, 0.717) is 0 Å². The van der Waals surface area contributed by atoms with Crippen molar-refractivity contribution < 1.29 is 27.1 Å². The fraction of sp³-hybridized carbons (Fsp3) is 0.364. The van der Waals surface area contributed by atoms with E-state index >= 15 is 0 Å². The van der Waals surface area contributed by atoms with Gasteiger partial charge in [0.2, 0.25) is 0 Å². The number of alkyl halides is 2. The van der Waals surface area contributed by atoms with Gasteiger partial charge in [0, 0.05) is 0 Å². The van der Waals surface area contributed by atoms with E-state index in [1.54, 1.807) is 5.32 Å². The molecule has 0 spiro atoms. The summed E-state index contributed by atoms with van der Waals surface area (Å²) in [4.78, 5) is 10.9. The van der Waals surface area contributed by atoms with Crippen molar-refractivity contribution in [2.45, 2.75) is 18.9 Å². The number of halogens is 5. The topological polar surface area (TPSA) is 38.3 Å². The predicted molar refractivity (Wildman–Crippen MR) is 60.5 cm³/mol. The molecule has 0 unspecified atom stereocenters. The Labute approximate surface area is 112 Å². The third-order valence-corrected chi connectivity index (χ3v) is 2.69. The van der Waals surface area contributed by atoms with Gasteiger partial charge in [-0.2, -0.15) is 0 Å². The first-order valence-corrected chi connectivity index (χ1v) is 5.08. The molecule has 0 saturated carbocycles. The minimum Gasteiger partial charge on any atom is -0.443 e. The van der Waals surface area contributed by atoms with Gasteiger partial charge < -0.3 is 10.1 Å². The zero-order chi connectivity index (χ0) is 13.5. The number of ether oxygens (including phenoxy) is 1. The van der Waals surface area contributed by atoms with E-state index in [0.717, 1.165) is 12.1 Å². The summed E-state index contributed by atoms with van der Waals surface area (Å²) in [6, 6.07) is -0.0579. The first kappa shape index (κ1) is 15.6. The number of rotatable bonds is 1. The average molecular weight is 300 g/mol. The molecule has 1 atom stereocenters. The molecule has 1 heterocycles. The molecule has 1 aliphatic heterocycles. The SMILES string of the molecule is Cc1ccc(F)c([C@H]2NC(=O)OCC2(F)F)c1F.Cl. The van der Waals surface area contributed by atoms with Crippen LogP contribution in [0.2, 0.25) is 0 Å². The van der Waals surface area contributed by atoms with E-state index < -0.39 is 41.9 Å². The van der Waals surface area contributed by atoms with Crippen LogP contribution < -0.4 is 5.32 Å². The monoisotopic (exact) mass is 299 g/mol. The average Bonchev–Trinajstić information content (AvgIpc) is 2.29. The number of hydrogen-bond donors (Lipinski definition) is 1. The molecule has 2 rings (SSSR count). The largest absolute Gasteiger partial charge is 0.443 e. The number of nitrogens with one attached hydrogen (secondary N) is 1. The van der Waals surface area contributed by atoms with Gasteiger partial charge in [-0.1, -0.05) is 6.07 Å². The summed E-state index contributed by atoms with van der Waals surface area (Å²) < 4.78 is 58.5. The number of carbonyl (C=O) groups excluding carboxylic acids is 1. The Bertz CT molecular complexity index is 510. The van der Waals surface area contributed by atoms with Crippen LogP contribution in [0, 0.1) is 18.6 Å². The molecule has 3 nitrogen and oxygen atoms in total. The second-order valence-electron chi connectivity index (χ2n) is 4.01. The van der Waals surface area contributed by atoms with Crippen LogP contribution in [-0.4, -0.2) is 18.6 Å².